The zero-order chi connectivity index (χ0) is 15.0. The number of phenols is 2. The second-order valence-electron chi connectivity index (χ2n) is 5.01. The van der Waals surface area contributed by atoms with Crippen molar-refractivity contribution in [3.8, 4) is 11.5 Å². The van der Waals surface area contributed by atoms with E-state index in [0.717, 1.165) is 6.42 Å². The molecule has 4 nitrogen and oxygen atoms in total. The lowest BCUT2D eigenvalue weighted by Crippen LogP contribution is -2.06. The van der Waals surface area contributed by atoms with E-state index in [1.807, 2.05) is 6.08 Å². The van der Waals surface area contributed by atoms with Crippen LogP contribution in [0.25, 0.3) is 6.08 Å². The van der Waals surface area contributed by atoms with Crippen molar-refractivity contribution in [2.45, 2.75) is 45.1 Å². The lowest BCUT2D eigenvalue weighted by atomic mass is 10.1. The largest absolute Gasteiger partial charge is 0.508 e. The predicted octanol–water partition coefficient (Wildman–Crippen LogP) is 3.01. The second kappa shape index (κ2) is 8.38. The molecule has 110 valence electrons. The van der Waals surface area contributed by atoms with Gasteiger partial charge in [0.05, 0.1) is 6.10 Å². The van der Waals surface area contributed by atoms with Gasteiger partial charge in [-0.2, -0.15) is 0 Å². The number of ketones is 1. The molecular weight excluding hydrogens is 256 g/mol. The zero-order valence-electron chi connectivity index (χ0n) is 11.7. The van der Waals surface area contributed by atoms with Crippen LogP contribution in [-0.4, -0.2) is 27.2 Å². The van der Waals surface area contributed by atoms with E-state index in [2.05, 4.69) is 0 Å². The molecule has 0 aromatic heterocycles. The van der Waals surface area contributed by atoms with Gasteiger partial charge < -0.3 is 20.1 Å². The van der Waals surface area contributed by atoms with Gasteiger partial charge in [-0.1, -0.05) is 12.2 Å². The molecule has 0 saturated heterocycles. The van der Waals surface area contributed by atoms with Crippen molar-refractivity contribution in [2.24, 2.45) is 0 Å². The third-order valence-corrected chi connectivity index (χ3v) is 2.97. The van der Waals surface area contributed by atoms with Gasteiger partial charge in [-0.05, 0) is 50.3 Å². The summed E-state index contributed by atoms with van der Waals surface area (Å²) in [5, 5.41) is 28.4. The van der Waals surface area contributed by atoms with Crippen LogP contribution in [0.4, 0.5) is 0 Å². The molecule has 1 aromatic carbocycles. The second-order valence-corrected chi connectivity index (χ2v) is 5.01. The van der Waals surface area contributed by atoms with Gasteiger partial charge in [-0.25, -0.2) is 0 Å². The van der Waals surface area contributed by atoms with Gasteiger partial charge in [-0.3, -0.25) is 0 Å². The molecule has 0 bridgehead atoms. The van der Waals surface area contributed by atoms with E-state index in [1.54, 1.807) is 25.1 Å². The molecule has 0 radical (unpaired) electrons. The van der Waals surface area contributed by atoms with Crippen LogP contribution in [0.5, 0.6) is 11.5 Å². The summed E-state index contributed by atoms with van der Waals surface area (Å²) in [4.78, 5) is 10.8. The lowest BCUT2D eigenvalue weighted by Gasteiger charge is -2.07. The van der Waals surface area contributed by atoms with Crippen LogP contribution in [0.3, 0.4) is 0 Å². The highest BCUT2D eigenvalue weighted by atomic mass is 16.3. The number of phenolic OH excluding ortho intramolecular Hbond substituents is 2. The molecular formula is C16H22O4. The number of hydrogen-bond acceptors (Lipinski definition) is 4. The number of carbonyl (C=O) groups excluding carboxylic acids is 1. The molecule has 4 heteroatoms. The highest BCUT2D eigenvalue weighted by Gasteiger charge is 2.03. The van der Waals surface area contributed by atoms with E-state index in [0.29, 0.717) is 31.2 Å². The minimum atomic E-state index is -0.392. The number of allylic oxidation sites excluding steroid dienone is 1. The van der Waals surface area contributed by atoms with Crippen LogP contribution >= 0.6 is 0 Å². The summed E-state index contributed by atoms with van der Waals surface area (Å²) in [5.41, 5.74) is 0.716. The van der Waals surface area contributed by atoms with E-state index in [4.69, 9.17) is 0 Å². The highest BCUT2D eigenvalue weighted by Crippen LogP contribution is 2.21. The standard InChI is InChI=1S/C16H22O4/c1-12(17)5-4-8-14(18)7-3-2-6-13-9-15(19)11-16(20)10-13/h2,6,9-11,14,18-20H,3-5,7-8H2,1H3. The smallest absolute Gasteiger partial charge is 0.129 e. The number of carbonyl (C=O) groups is 1. The molecule has 1 unspecified atom stereocenters. The molecule has 0 aliphatic rings. The average molecular weight is 278 g/mol. The monoisotopic (exact) mass is 278 g/mol. The molecule has 0 aliphatic carbocycles. The summed E-state index contributed by atoms with van der Waals surface area (Å²) in [5.74, 6) is 0.198. The van der Waals surface area contributed by atoms with Gasteiger partial charge in [-0.15, -0.1) is 0 Å². The SMILES string of the molecule is CC(=O)CCCC(O)CCC=Cc1cc(O)cc(O)c1. The molecule has 0 spiro atoms. The van der Waals surface area contributed by atoms with E-state index < -0.39 is 6.10 Å². The Labute approximate surface area is 119 Å². The van der Waals surface area contributed by atoms with Crippen molar-refractivity contribution in [2.75, 3.05) is 0 Å². The summed E-state index contributed by atoms with van der Waals surface area (Å²) in [6.07, 6.45) is 6.52. The fourth-order valence-electron chi connectivity index (χ4n) is 1.95. The van der Waals surface area contributed by atoms with Crippen molar-refractivity contribution < 1.29 is 20.1 Å². The van der Waals surface area contributed by atoms with E-state index >= 15 is 0 Å². The van der Waals surface area contributed by atoms with Crippen LogP contribution in [0, 0.1) is 0 Å². The normalized spacial score (nSPS) is 12.7. The van der Waals surface area contributed by atoms with Crippen molar-refractivity contribution in [3.05, 3.63) is 29.8 Å². The maximum absolute atomic E-state index is 10.8. The van der Waals surface area contributed by atoms with Crippen LogP contribution in [0.2, 0.25) is 0 Å². The number of aliphatic hydroxyl groups excluding tert-OH is 1. The van der Waals surface area contributed by atoms with Gasteiger partial charge >= 0.3 is 0 Å². The molecule has 0 amide bonds. The Kier molecular flexibility index (Phi) is 6.81. The summed E-state index contributed by atoms with van der Waals surface area (Å²) in [6.45, 7) is 1.56. The fourth-order valence-corrected chi connectivity index (χ4v) is 1.95. The van der Waals surface area contributed by atoms with Gasteiger partial charge in [0, 0.05) is 12.5 Å². The van der Waals surface area contributed by atoms with E-state index in [-0.39, 0.29) is 17.3 Å². The maximum atomic E-state index is 10.8. The van der Waals surface area contributed by atoms with Crippen LogP contribution in [0.1, 0.15) is 44.6 Å². The Balaban J connectivity index is 2.29. The minimum absolute atomic E-state index is 0.0221. The molecule has 1 aromatic rings. The average Bonchev–Trinajstić information content (AvgIpc) is 2.33. The summed E-state index contributed by atoms with van der Waals surface area (Å²) in [6, 6.07) is 4.38. The molecule has 0 saturated carbocycles. The third kappa shape index (κ3) is 6.95. The number of aliphatic hydroxyl groups is 1. The summed E-state index contributed by atoms with van der Waals surface area (Å²) >= 11 is 0. The Morgan fingerprint density at radius 1 is 1.20 bits per heavy atom. The maximum Gasteiger partial charge on any atom is 0.129 e. The fraction of sp³-hybridized carbons (Fsp3) is 0.438. The Morgan fingerprint density at radius 3 is 2.45 bits per heavy atom. The quantitative estimate of drug-likeness (QED) is 0.683. The van der Waals surface area contributed by atoms with E-state index in [1.165, 1.54) is 6.07 Å². The summed E-state index contributed by atoms with van der Waals surface area (Å²) in [7, 11) is 0. The van der Waals surface area contributed by atoms with Gasteiger partial charge in [0.25, 0.3) is 0 Å². The number of Topliss-reactive ketones (excluding diaryl/α,β-unsaturated/α-hetero) is 1. The van der Waals surface area contributed by atoms with Crippen molar-refractivity contribution in [3.63, 3.8) is 0 Å². The summed E-state index contributed by atoms with van der Waals surface area (Å²) < 4.78 is 0. The third-order valence-electron chi connectivity index (χ3n) is 2.97. The molecule has 1 atom stereocenters. The van der Waals surface area contributed by atoms with Gasteiger partial charge in [0.2, 0.25) is 0 Å². The number of aromatic hydroxyl groups is 2. The minimum Gasteiger partial charge on any atom is -0.508 e. The molecule has 3 N–H and O–H groups in total. The predicted molar refractivity (Wildman–Crippen MR) is 78.6 cm³/mol. The molecule has 0 heterocycles. The van der Waals surface area contributed by atoms with Crippen LogP contribution in [-0.2, 0) is 4.79 Å². The highest BCUT2D eigenvalue weighted by molar-refractivity contribution is 5.75. The van der Waals surface area contributed by atoms with Gasteiger partial charge in [0.15, 0.2) is 0 Å². The number of benzene rings is 1. The van der Waals surface area contributed by atoms with E-state index in [9.17, 15) is 20.1 Å². The Bertz CT molecular complexity index is 445. The van der Waals surface area contributed by atoms with Crippen LogP contribution < -0.4 is 0 Å². The Morgan fingerprint density at radius 2 is 1.85 bits per heavy atom. The first-order chi connectivity index (χ1) is 9.47. The first-order valence-corrected chi connectivity index (χ1v) is 6.84. The number of rotatable bonds is 8. The van der Waals surface area contributed by atoms with Gasteiger partial charge in [0.1, 0.15) is 17.3 Å². The topological polar surface area (TPSA) is 77.8 Å². The lowest BCUT2D eigenvalue weighted by molar-refractivity contribution is -0.117. The first-order valence-electron chi connectivity index (χ1n) is 6.84. The van der Waals surface area contributed by atoms with Crippen molar-refractivity contribution in [1.29, 1.82) is 0 Å². The van der Waals surface area contributed by atoms with Crippen molar-refractivity contribution >= 4 is 11.9 Å². The number of hydrogen-bond donors (Lipinski definition) is 3. The molecule has 20 heavy (non-hydrogen) atoms. The zero-order valence-corrected chi connectivity index (χ0v) is 11.7. The molecule has 0 fully saturated rings. The Hall–Kier alpha value is -1.81. The van der Waals surface area contributed by atoms with Crippen LogP contribution in [0.15, 0.2) is 24.3 Å². The molecule has 0 aliphatic heterocycles. The van der Waals surface area contributed by atoms with Crippen molar-refractivity contribution in [1.82, 2.24) is 0 Å². The molecule has 1 rings (SSSR count). The first kappa shape index (κ1) is 16.2.